The van der Waals surface area contributed by atoms with Crippen LogP contribution in [0.1, 0.15) is 11.3 Å². The van der Waals surface area contributed by atoms with Gasteiger partial charge in [0, 0.05) is 24.8 Å². The van der Waals surface area contributed by atoms with Crippen LogP contribution in [0.3, 0.4) is 0 Å². The molecule has 0 aliphatic rings. The molecule has 0 saturated heterocycles. The second-order valence-electron chi connectivity index (χ2n) is 5.47. The van der Waals surface area contributed by atoms with Crippen molar-refractivity contribution in [2.45, 2.75) is 13.0 Å². The van der Waals surface area contributed by atoms with E-state index in [4.69, 9.17) is 0 Å². The summed E-state index contributed by atoms with van der Waals surface area (Å²) in [6.07, 6.45) is 0.980. The third-order valence-corrected chi connectivity index (χ3v) is 3.80. The lowest BCUT2D eigenvalue weighted by Gasteiger charge is -2.11. The fourth-order valence-corrected chi connectivity index (χ4v) is 2.60. The number of halogens is 1. The summed E-state index contributed by atoms with van der Waals surface area (Å²) in [6.45, 7) is 1.58. The first-order chi connectivity index (χ1) is 11.3. The third kappa shape index (κ3) is 4.99. The van der Waals surface area contributed by atoms with Crippen molar-refractivity contribution < 1.29 is 0 Å². The molecule has 1 heterocycles. The van der Waals surface area contributed by atoms with Crippen molar-refractivity contribution in [1.29, 1.82) is 0 Å². The van der Waals surface area contributed by atoms with Crippen molar-refractivity contribution in [3.63, 3.8) is 0 Å². The molecule has 3 rings (SSSR count). The van der Waals surface area contributed by atoms with Crippen LogP contribution in [0.15, 0.2) is 65.7 Å². The van der Waals surface area contributed by atoms with Gasteiger partial charge in [0.25, 0.3) is 0 Å². The Hall–Kier alpha value is -2.02. The highest BCUT2D eigenvalue weighted by Crippen LogP contribution is 2.14. The summed E-state index contributed by atoms with van der Waals surface area (Å²) in [6, 6.07) is 20.9. The summed E-state index contributed by atoms with van der Waals surface area (Å²) in [7, 11) is 1.79. The fraction of sp³-hybridized carbons (Fsp3) is 0.211. The van der Waals surface area contributed by atoms with Crippen LogP contribution in [0.25, 0.3) is 10.9 Å². The number of aliphatic imine (C=N–C) groups is 1. The Morgan fingerprint density at radius 3 is 2.50 bits per heavy atom. The zero-order valence-electron chi connectivity index (χ0n) is 13.8. The van der Waals surface area contributed by atoms with Crippen LogP contribution in [0.5, 0.6) is 0 Å². The minimum Gasteiger partial charge on any atom is -0.357 e. The summed E-state index contributed by atoms with van der Waals surface area (Å²) in [5, 5.41) is 7.92. The van der Waals surface area contributed by atoms with Gasteiger partial charge in [-0.2, -0.15) is 0 Å². The van der Waals surface area contributed by atoms with Crippen molar-refractivity contribution in [3.05, 3.63) is 71.9 Å². The van der Waals surface area contributed by atoms with E-state index in [1.807, 2.05) is 12.1 Å². The summed E-state index contributed by atoms with van der Waals surface area (Å²) >= 11 is 0. The van der Waals surface area contributed by atoms with Crippen LogP contribution in [-0.4, -0.2) is 24.5 Å². The quantitative estimate of drug-likeness (QED) is 0.326. The topological polar surface area (TPSA) is 52.2 Å². The Kier molecular flexibility index (Phi) is 7.11. The number of fused-ring (bicyclic) bond motifs is 1. The number of rotatable bonds is 5. The lowest BCUT2D eigenvalue weighted by atomic mass is 10.1. The molecule has 0 amide bonds. The van der Waals surface area contributed by atoms with E-state index in [0.717, 1.165) is 36.7 Å². The van der Waals surface area contributed by atoms with E-state index >= 15 is 0 Å². The maximum atomic E-state index is 4.27. The largest absolute Gasteiger partial charge is 0.357 e. The molecule has 0 atom stereocenters. The standard InChI is InChI=1S/C19H22N4.HI/c1-20-19(21-12-11-15-7-3-2-4-8-15)22-14-17-13-16-9-5-6-10-18(16)23-17;/h2-10,13,23H,11-12,14H2,1H3,(H2,20,21,22);1H. The number of hydrogen-bond donors (Lipinski definition) is 3. The molecule has 1 aromatic heterocycles. The number of aromatic nitrogens is 1. The highest BCUT2D eigenvalue weighted by Gasteiger charge is 2.02. The molecule has 0 unspecified atom stereocenters. The van der Waals surface area contributed by atoms with Gasteiger partial charge in [0.05, 0.1) is 6.54 Å². The third-order valence-electron chi connectivity index (χ3n) is 3.80. The molecule has 4 nitrogen and oxygen atoms in total. The first kappa shape index (κ1) is 18.3. The Labute approximate surface area is 159 Å². The fourth-order valence-electron chi connectivity index (χ4n) is 2.60. The zero-order valence-corrected chi connectivity index (χ0v) is 16.1. The van der Waals surface area contributed by atoms with Gasteiger partial charge in [-0.15, -0.1) is 24.0 Å². The van der Waals surface area contributed by atoms with Gasteiger partial charge in [-0.25, -0.2) is 0 Å². The molecule has 3 N–H and O–H groups in total. The van der Waals surface area contributed by atoms with Crippen LogP contribution in [0, 0.1) is 0 Å². The first-order valence-corrected chi connectivity index (χ1v) is 7.90. The van der Waals surface area contributed by atoms with Gasteiger partial charge in [-0.05, 0) is 29.5 Å². The Balaban J connectivity index is 0.00000208. The molecule has 0 aliphatic carbocycles. The lowest BCUT2D eigenvalue weighted by molar-refractivity contribution is 0.787. The molecule has 5 heteroatoms. The molecule has 24 heavy (non-hydrogen) atoms. The van der Waals surface area contributed by atoms with Gasteiger partial charge < -0.3 is 15.6 Å². The Bertz CT molecular complexity index is 747. The minimum absolute atomic E-state index is 0. The second kappa shape index (κ2) is 9.32. The predicted octanol–water partition coefficient (Wildman–Crippen LogP) is 3.69. The smallest absolute Gasteiger partial charge is 0.191 e. The molecule has 0 aliphatic heterocycles. The van der Waals surface area contributed by atoms with Crippen LogP contribution in [0.2, 0.25) is 0 Å². The van der Waals surface area contributed by atoms with Crippen molar-refractivity contribution in [2.24, 2.45) is 4.99 Å². The summed E-state index contributed by atoms with van der Waals surface area (Å²) in [5.41, 5.74) is 3.64. The van der Waals surface area contributed by atoms with Crippen molar-refractivity contribution in [1.82, 2.24) is 15.6 Å². The highest BCUT2D eigenvalue weighted by atomic mass is 127. The van der Waals surface area contributed by atoms with E-state index in [2.05, 4.69) is 69.1 Å². The number of nitrogens with zero attached hydrogens (tertiary/aromatic N) is 1. The number of para-hydroxylation sites is 1. The second-order valence-corrected chi connectivity index (χ2v) is 5.47. The molecule has 0 spiro atoms. The van der Waals surface area contributed by atoms with Crippen molar-refractivity contribution in [2.75, 3.05) is 13.6 Å². The monoisotopic (exact) mass is 434 g/mol. The molecule has 126 valence electrons. The van der Waals surface area contributed by atoms with E-state index in [1.165, 1.54) is 10.9 Å². The number of nitrogens with one attached hydrogen (secondary N) is 3. The number of guanidine groups is 1. The van der Waals surface area contributed by atoms with E-state index in [0.29, 0.717) is 0 Å². The summed E-state index contributed by atoms with van der Waals surface area (Å²) in [4.78, 5) is 7.68. The molecule has 0 radical (unpaired) electrons. The van der Waals surface area contributed by atoms with Crippen molar-refractivity contribution >= 4 is 40.8 Å². The van der Waals surface area contributed by atoms with E-state index in [-0.39, 0.29) is 24.0 Å². The molecule has 2 aromatic carbocycles. The molecule has 0 bridgehead atoms. The SMILES string of the molecule is CN=C(NCCc1ccccc1)NCc1cc2ccccc2[nH]1.I. The van der Waals surface area contributed by atoms with Crippen LogP contribution >= 0.6 is 24.0 Å². The van der Waals surface area contributed by atoms with Crippen LogP contribution in [-0.2, 0) is 13.0 Å². The van der Waals surface area contributed by atoms with E-state index in [9.17, 15) is 0 Å². The number of H-pyrrole nitrogens is 1. The highest BCUT2D eigenvalue weighted by molar-refractivity contribution is 14.0. The molecule has 0 saturated carbocycles. The first-order valence-electron chi connectivity index (χ1n) is 7.90. The van der Waals surface area contributed by atoms with Crippen LogP contribution in [0.4, 0.5) is 0 Å². The van der Waals surface area contributed by atoms with Gasteiger partial charge in [-0.1, -0.05) is 48.5 Å². The Morgan fingerprint density at radius 1 is 1.00 bits per heavy atom. The average Bonchev–Trinajstić information content (AvgIpc) is 3.01. The normalized spacial score (nSPS) is 11.1. The zero-order chi connectivity index (χ0) is 15.9. The average molecular weight is 434 g/mol. The van der Waals surface area contributed by atoms with Crippen LogP contribution < -0.4 is 10.6 Å². The van der Waals surface area contributed by atoms with E-state index in [1.54, 1.807) is 7.05 Å². The Morgan fingerprint density at radius 2 is 1.75 bits per heavy atom. The van der Waals surface area contributed by atoms with Gasteiger partial charge in [0.1, 0.15) is 0 Å². The maximum Gasteiger partial charge on any atom is 0.191 e. The van der Waals surface area contributed by atoms with Gasteiger partial charge >= 0.3 is 0 Å². The summed E-state index contributed by atoms with van der Waals surface area (Å²) in [5.74, 6) is 0.819. The number of hydrogen-bond acceptors (Lipinski definition) is 1. The maximum absolute atomic E-state index is 4.27. The lowest BCUT2D eigenvalue weighted by Crippen LogP contribution is -2.37. The van der Waals surface area contributed by atoms with Crippen molar-refractivity contribution in [3.8, 4) is 0 Å². The predicted molar refractivity (Wildman–Crippen MR) is 112 cm³/mol. The molecular weight excluding hydrogens is 411 g/mol. The molecule has 3 aromatic rings. The molecule has 0 fully saturated rings. The minimum atomic E-state index is 0. The number of aromatic amines is 1. The molecular formula is C19H23IN4. The van der Waals surface area contributed by atoms with Gasteiger partial charge in [0.15, 0.2) is 5.96 Å². The number of benzene rings is 2. The van der Waals surface area contributed by atoms with E-state index < -0.39 is 0 Å². The van der Waals surface area contributed by atoms with Gasteiger partial charge in [-0.3, -0.25) is 4.99 Å². The summed E-state index contributed by atoms with van der Waals surface area (Å²) < 4.78 is 0. The van der Waals surface area contributed by atoms with Gasteiger partial charge in [0.2, 0.25) is 0 Å².